The molecule has 3 N–H and O–H groups in total. The maximum absolute atomic E-state index is 13.5. The number of thiophene rings is 2. The van der Waals surface area contributed by atoms with Crippen molar-refractivity contribution in [1.29, 1.82) is 0 Å². The Kier molecular flexibility index (Phi) is 6.24. The van der Waals surface area contributed by atoms with Crippen LogP contribution in [0.2, 0.25) is 0 Å². The number of likely N-dealkylation sites (N-methyl/N-ethyl adjacent to an activating group) is 1. The van der Waals surface area contributed by atoms with E-state index in [1.807, 2.05) is 22.9 Å². The summed E-state index contributed by atoms with van der Waals surface area (Å²) in [5, 5.41) is 27.4. The van der Waals surface area contributed by atoms with Crippen molar-refractivity contribution in [1.82, 2.24) is 10.2 Å². The molecule has 0 radical (unpaired) electrons. The van der Waals surface area contributed by atoms with Crippen LogP contribution in [-0.2, 0) is 21.7 Å². The number of hydrogen-bond acceptors (Lipinski definition) is 8. The zero-order valence-corrected chi connectivity index (χ0v) is 22.1. The number of aliphatic hydroxyl groups excluding tert-OH is 1. The lowest BCUT2D eigenvalue weighted by Crippen LogP contribution is -2.54. The first-order chi connectivity index (χ1) is 17.9. The Morgan fingerprint density at radius 3 is 2.35 bits per heavy atom. The van der Waals surface area contributed by atoms with Gasteiger partial charge in [0, 0.05) is 41.9 Å². The molecule has 194 valence electrons. The Labute approximate surface area is 223 Å². The molecule has 0 aliphatic heterocycles. The third-order valence-electron chi connectivity index (χ3n) is 8.65. The van der Waals surface area contributed by atoms with E-state index < -0.39 is 11.6 Å². The van der Waals surface area contributed by atoms with Crippen LogP contribution in [-0.4, -0.2) is 59.3 Å². The van der Waals surface area contributed by atoms with Crippen LogP contribution in [0.15, 0.2) is 59.3 Å². The van der Waals surface area contributed by atoms with Crippen molar-refractivity contribution in [2.75, 3.05) is 20.1 Å². The number of rotatable bonds is 10. The fourth-order valence-corrected chi connectivity index (χ4v) is 8.38. The van der Waals surface area contributed by atoms with Crippen molar-refractivity contribution in [2.45, 2.75) is 37.2 Å². The molecule has 2 aromatic heterocycles. The van der Waals surface area contributed by atoms with Crippen molar-refractivity contribution in [3.05, 3.63) is 80.2 Å². The van der Waals surface area contributed by atoms with Crippen LogP contribution >= 0.6 is 22.7 Å². The number of amides is 1. The number of ether oxygens (including phenoxy) is 1. The number of benzene rings is 1. The standard InChI is InChI=1S/C28H30N2O5S2/c1-30(13-12-29-25(32)18-8-6-17(16-31)7-9-18)24-22-23(19-10-11-27(19,22)24)35-26(33)28(34,20-4-2-14-36-20)21-5-3-15-37-21/h2-9,14-15,19,22-24,31,34H,10-13,16H2,1H3,(H,29,32). The van der Waals surface area contributed by atoms with Gasteiger partial charge >= 0.3 is 5.97 Å². The molecule has 0 bridgehead atoms. The molecular weight excluding hydrogens is 508 g/mol. The van der Waals surface area contributed by atoms with Gasteiger partial charge in [0.1, 0.15) is 6.10 Å². The van der Waals surface area contributed by atoms with Gasteiger partial charge in [-0.2, -0.15) is 0 Å². The van der Waals surface area contributed by atoms with E-state index in [1.165, 1.54) is 22.7 Å². The van der Waals surface area contributed by atoms with Gasteiger partial charge in [-0.1, -0.05) is 24.3 Å². The first-order valence-corrected chi connectivity index (χ1v) is 14.4. The monoisotopic (exact) mass is 538 g/mol. The highest BCUT2D eigenvalue weighted by atomic mass is 32.1. The van der Waals surface area contributed by atoms with Crippen molar-refractivity contribution in [2.24, 2.45) is 17.3 Å². The summed E-state index contributed by atoms with van der Waals surface area (Å²) < 4.78 is 6.09. The maximum Gasteiger partial charge on any atom is 0.349 e. The Hall–Kier alpha value is -2.56. The second-order valence-corrected chi connectivity index (χ2v) is 12.3. The topological polar surface area (TPSA) is 99.1 Å². The van der Waals surface area contributed by atoms with Crippen LogP contribution in [0.25, 0.3) is 0 Å². The summed E-state index contributed by atoms with van der Waals surface area (Å²) >= 11 is 2.71. The molecule has 1 aromatic carbocycles. The minimum absolute atomic E-state index is 0.0460. The summed E-state index contributed by atoms with van der Waals surface area (Å²) in [4.78, 5) is 29.4. The first-order valence-electron chi connectivity index (χ1n) is 12.6. The summed E-state index contributed by atoms with van der Waals surface area (Å²) in [5.74, 6) is -0.109. The van der Waals surface area contributed by atoms with Gasteiger partial charge in [-0.3, -0.25) is 4.79 Å². The summed E-state index contributed by atoms with van der Waals surface area (Å²) in [7, 11) is 2.07. The smallest absolute Gasteiger partial charge is 0.349 e. The van der Waals surface area contributed by atoms with Gasteiger partial charge in [-0.25, -0.2) is 4.79 Å². The third kappa shape index (κ3) is 3.79. The number of carbonyl (C=O) groups excluding carboxylic acids is 2. The lowest BCUT2D eigenvalue weighted by atomic mass is 9.56. The van der Waals surface area contributed by atoms with Gasteiger partial charge in [0.2, 0.25) is 5.60 Å². The number of nitrogens with one attached hydrogen (secondary N) is 1. The minimum Gasteiger partial charge on any atom is -0.459 e. The Bertz CT molecular complexity index is 1240. The molecule has 0 saturated heterocycles. The third-order valence-corrected chi connectivity index (χ3v) is 10.6. The first kappa shape index (κ1) is 24.8. The largest absolute Gasteiger partial charge is 0.459 e. The molecule has 3 aliphatic rings. The Balaban J connectivity index is 1.07. The van der Waals surface area contributed by atoms with Gasteiger partial charge < -0.3 is 25.2 Å². The lowest BCUT2D eigenvalue weighted by Gasteiger charge is -2.52. The lowest BCUT2D eigenvalue weighted by molar-refractivity contribution is -0.192. The van der Waals surface area contributed by atoms with E-state index in [9.17, 15) is 14.7 Å². The average molecular weight is 539 g/mol. The molecule has 5 unspecified atom stereocenters. The SMILES string of the molecule is CN(CCNC(=O)c1ccc(CO)cc1)C1C2C(OC(=O)C(O)(c3cccs3)c3cccs3)C3CCC321. The van der Waals surface area contributed by atoms with Crippen LogP contribution < -0.4 is 5.32 Å². The number of esters is 1. The molecule has 7 nitrogen and oxygen atoms in total. The van der Waals surface area contributed by atoms with E-state index in [0.717, 1.165) is 18.4 Å². The predicted octanol–water partition coefficient (Wildman–Crippen LogP) is 3.22. The van der Waals surface area contributed by atoms with E-state index in [2.05, 4.69) is 17.3 Å². The van der Waals surface area contributed by atoms with Gasteiger partial charge in [0.15, 0.2) is 0 Å². The van der Waals surface area contributed by atoms with E-state index >= 15 is 0 Å². The Morgan fingerprint density at radius 1 is 1.14 bits per heavy atom. The quantitative estimate of drug-likeness (QED) is 0.343. The molecule has 3 fully saturated rings. The van der Waals surface area contributed by atoms with Crippen LogP contribution in [0.5, 0.6) is 0 Å². The van der Waals surface area contributed by atoms with E-state index in [4.69, 9.17) is 9.84 Å². The van der Waals surface area contributed by atoms with Crippen LogP contribution in [0, 0.1) is 17.3 Å². The van der Waals surface area contributed by atoms with Crippen LogP contribution in [0.3, 0.4) is 0 Å². The van der Waals surface area contributed by atoms with Crippen molar-refractivity contribution in [3.8, 4) is 0 Å². The van der Waals surface area contributed by atoms with E-state index in [1.54, 1.807) is 36.4 Å². The molecule has 5 atom stereocenters. The molecule has 3 saturated carbocycles. The van der Waals surface area contributed by atoms with Crippen LogP contribution in [0.4, 0.5) is 0 Å². The fourth-order valence-electron chi connectivity index (χ4n) is 6.67. The van der Waals surface area contributed by atoms with Crippen molar-refractivity contribution >= 4 is 34.6 Å². The van der Waals surface area contributed by atoms with Gasteiger partial charge in [0.25, 0.3) is 5.91 Å². The van der Waals surface area contributed by atoms with Crippen molar-refractivity contribution in [3.63, 3.8) is 0 Å². The number of carbonyl (C=O) groups is 2. The molecule has 1 spiro atoms. The maximum atomic E-state index is 13.5. The molecule has 3 aromatic rings. The number of aliphatic hydroxyl groups is 2. The van der Waals surface area contributed by atoms with Gasteiger partial charge in [-0.05, 0) is 60.5 Å². The normalized spacial score (nSPS) is 27.5. The second kappa shape index (κ2) is 9.32. The molecule has 2 heterocycles. The summed E-state index contributed by atoms with van der Waals surface area (Å²) in [6, 6.07) is 14.5. The predicted molar refractivity (Wildman–Crippen MR) is 141 cm³/mol. The van der Waals surface area contributed by atoms with E-state index in [0.29, 0.717) is 40.4 Å². The highest BCUT2D eigenvalue weighted by Crippen LogP contribution is 2.82. The average Bonchev–Trinajstić information content (AvgIpc) is 3.30. The van der Waals surface area contributed by atoms with Gasteiger partial charge in [0.05, 0.1) is 16.4 Å². The highest BCUT2D eigenvalue weighted by Gasteiger charge is 2.86. The molecular formula is C28H30N2O5S2. The van der Waals surface area contributed by atoms with Crippen molar-refractivity contribution < 1.29 is 24.5 Å². The molecule has 9 heteroatoms. The minimum atomic E-state index is -1.78. The highest BCUT2D eigenvalue weighted by molar-refractivity contribution is 7.12. The molecule has 6 rings (SSSR count). The zero-order valence-electron chi connectivity index (χ0n) is 20.5. The molecule has 37 heavy (non-hydrogen) atoms. The number of hydrogen-bond donors (Lipinski definition) is 3. The fraction of sp³-hybridized carbons (Fsp3) is 0.429. The molecule has 1 amide bonds. The van der Waals surface area contributed by atoms with E-state index in [-0.39, 0.29) is 30.0 Å². The second-order valence-electron chi connectivity index (χ2n) is 10.4. The number of nitrogens with zero attached hydrogens (tertiary/aromatic N) is 1. The van der Waals surface area contributed by atoms with Crippen LogP contribution in [0.1, 0.15) is 38.5 Å². The summed E-state index contributed by atoms with van der Waals surface area (Å²) in [6.07, 6.45) is 1.99. The van der Waals surface area contributed by atoms with Gasteiger partial charge in [-0.15, -0.1) is 22.7 Å². The molecule has 3 aliphatic carbocycles. The Morgan fingerprint density at radius 2 is 1.81 bits per heavy atom. The summed E-state index contributed by atoms with van der Waals surface area (Å²) in [5.41, 5.74) is -0.220. The summed E-state index contributed by atoms with van der Waals surface area (Å²) in [6.45, 7) is 1.17. The zero-order chi connectivity index (χ0) is 25.8.